The molecule has 1 aliphatic rings. The number of rotatable bonds is 3. The molecule has 0 bridgehead atoms. The van der Waals surface area contributed by atoms with Crippen LogP contribution in [0.15, 0.2) is 24.3 Å². The van der Waals surface area contributed by atoms with Gasteiger partial charge in [-0.3, -0.25) is 9.59 Å². The fraction of sp³-hybridized carbons (Fsp3) is 0.294. The van der Waals surface area contributed by atoms with Crippen molar-refractivity contribution < 1.29 is 9.59 Å². The molecule has 2 amide bonds. The quantitative estimate of drug-likeness (QED) is 0.883. The lowest BCUT2D eigenvalue weighted by atomic mass is 9.88. The van der Waals surface area contributed by atoms with Crippen molar-refractivity contribution in [3.63, 3.8) is 0 Å². The second kappa shape index (κ2) is 6.34. The van der Waals surface area contributed by atoms with Crippen LogP contribution >= 0.6 is 22.9 Å². The maximum atomic E-state index is 12.4. The van der Waals surface area contributed by atoms with Crippen LogP contribution in [-0.2, 0) is 12.8 Å². The SMILES string of the molecule is C[C@@H]1CCc2c(sc(NC(=O)c3cccc(Cl)c3)c2C(N)=O)C1. The molecule has 1 atom stereocenters. The molecule has 1 heterocycles. The van der Waals surface area contributed by atoms with Crippen LogP contribution in [0.1, 0.15) is 44.5 Å². The van der Waals surface area contributed by atoms with E-state index in [9.17, 15) is 9.59 Å². The van der Waals surface area contributed by atoms with Crippen molar-refractivity contribution in [3.05, 3.63) is 50.9 Å². The molecule has 6 heteroatoms. The predicted octanol–water partition coefficient (Wildman–Crippen LogP) is 3.88. The van der Waals surface area contributed by atoms with E-state index >= 15 is 0 Å². The van der Waals surface area contributed by atoms with Crippen LogP contribution in [0.3, 0.4) is 0 Å². The molecule has 120 valence electrons. The van der Waals surface area contributed by atoms with Gasteiger partial charge >= 0.3 is 0 Å². The van der Waals surface area contributed by atoms with Gasteiger partial charge in [0.15, 0.2) is 0 Å². The lowest BCUT2D eigenvalue weighted by Gasteiger charge is -2.18. The van der Waals surface area contributed by atoms with Crippen molar-refractivity contribution in [2.75, 3.05) is 5.32 Å². The number of fused-ring (bicyclic) bond motifs is 1. The Labute approximate surface area is 143 Å². The summed E-state index contributed by atoms with van der Waals surface area (Å²) in [5, 5.41) is 3.86. The van der Waals surface area contributed by atoms with Crippen LogP contribution in [0.5, 0.6) is 0 Å². The summed E-state index contributed by atoms with van der Waals surface area (Å²) in [5.74, 6) is -0.196. The third-order valence-corrected chi connectivity index (χ3v) is 5.48. The average molecular weight is 349 g/mol. The van der Waals surface area contributed by atoms with Crippen molar-refractivity contribution in [1.29, 1.82) is 0 Å². The van der Waals surface area contributed by atoms with Crippen molar-refractivity contribution in [2.45, 2.75) is 26.2 Å². The van der Waals surface area contributed by atoms with Crippen LogP contribution in [0.2, 0.25) is 5.02 Å². The minimum atomic E-state index is -0.488. The molecule has 0 saturated heterocycles. The Morgan fingerprint density at radius 1 is 1.39 bits per heavy atom. The van der Waals surface area contributed by atoms with Gasteiger partial charge in [-0.2, -0.15) is 0 Å². The lowest BCUT2D eigenvalue weighted by Crippen LogP contribution is -2.19. The molecule has 2 aromatic rings. The van der Waals surface area contributed by atoms with E-state index in [0.29, 0.717) is 27.1 Å². The molecular weight excluding hydrogens is 332 g/mol. The molecule has 4 nitrogen and oxygen atoms in total. The average Bonchev–Trinajstić information content (AvgIpc) is 2.84. The van der Waals surface area contributed by atoms with Crippen molar-refractivity contribution >= 4 is 39.8 Å². The summed E-state index contributed by atoms with van der Waals surface area (Å²) in [7, 11) is 0. The van der Waals surface area contributed by atoms with E-state index in [4.69, 9.17) is 17.3 Å². The van der Waals surface area contributed by atoms with Gasteiger partial charge < -0.3 is 11.1 Å². The maximum absolute atomic E-state index is 12.4. The van der Waals surface area contributed by atoms with E-state index in [0.717, 1.165) is 29.7 Å². The largest absolute Gasteiger partial charge is 0.365 e. The van der Waals surface area contributed by atoms with E-state index in [2.05, 4.69) is 12.2 Å². The molecule has 0 aliphatic heterocycles. The number of thiophene rings is 1. The van der Waals surface area contributed by atoms with Gasteiger partial charge in [-0.05, 0) is 48.9 Å². The number of carbonyl (C=O) groups is 2. The topological polar surface area (TPSA) is 72.2 Å². The molecule has 3 rings (SSSR count). The third-order valence-electron chi connectivity index (χ3n) is 4.07. The lowest BCUT2D eigenvalue weighted by molar-refractivity contribution is 0.1000. The van der Waals surface area contributed by atoms with Gasteiger partial charge in [0, 0.05) is 15.5 Å². The maximum Gasteiger partial charge on any atom is 0.256 e. The first kappa shape index (κ1) is 16.0. The molecule has 1 aromatic heterocycles. The zero-order valence-electron chi connectivity index (χ0n) is 12.7. The Hall–Kier alpha value is -1.85. The van der Waals surface area contributed by atoms with E-state index < -0.39 is 5.91 Å². The zero-order valence-corrected chi connectivity index (χ0v) is 14.3. The number of nitrogens with one attached hydrogen (secondary N) is 1. The van der Waals surface area contributed by atoms with Gasteiger partial charge in [-0.15, -0.1) is 11.3 Å². The van der Waals surface area contributed by atoms with Gasteiger partial charge in [-0.25, -0.2) is 0 Å². The molecule has 23 heavy (non-hydrogen) atoms. The summed E-state index contributed by atoms with van der Waals surface area (Å²) in [6.45, 7) is 2.19. The molecular formula is C17H17ClN2O2S. The normalized spacial score (nSPS) is 16.7. The van der Waals surface area contributed by atoms with Crippen LogP contribution in [0.25, 0.3) is 0 Å². The number of halogens is 1. The highest BCUT2D eigenvalue weighted by molar-refractivity contribution is 7.17. The second-order valence-corrected chi connectivity index (χ2v) is 7.43. The Balaban J connectivity index is 1.94. The van der Waals surface area contributed by atoms with Gasteiger partial charge in [0.05, 0.1) is 5.56 Å². The fourth-order valence-corrected chi connectivity index (χ4v) is 4.51. The van der Waals surface area contributed by atoms with Gasteiger partial charge in [0.25, 0.3) is 11.8 Å². The Kier molecular flexibility index (Phi) is 4.41. The zero-order chi connectivity index (χ0) is 16.6. The molecule has 0 fully saturated rings. The predicted molar refractivity (Wildman–Crippen MR) is 93.4 cm³/mol. The fourth-order valence-electron chi connectivity index (χ4n) is 2.90. The molecule has 0 radical (unpaired) electrons. The number of anilines is 1. The van der Waals surface area contributed by atoms with Crippen molar-refractivity contribution in [1.82, 2.24) is 0 Å². The molecule has 1 aliphatic carbocycles. The number of benzene rings is 1. The Morgan fingerprint density at radius 3 is 2.87 bits per heavy atom. The smallest absolute Gasteiger partial charge is 0.256 e. The van der Waals surface area contributed by atoms with E-state index in [1.54, 1.807) is 24.3 Å². The molecule has 0 saturated carbocycles. The number of amides is 2. The summed E-state index contributed by atoms with van der Waals surface area (Å²) in [6.07, 6.45) is 2.79. The molecule has 1 aromatic carbocycles. The Morgan fingerprint density at radius 2 is 2.17 bits per heavy atom. The highest BCUT2D eigenvalue weighted by atomic mass is 35.5. The van der Waals surface area contributed by atoms with Crippen LogP contribution in [0.4, 0.5) is 5.00 Å². The Bertz CT molecular complexity index is 785. The van der Waals surface area contributed by atoms with E-state index in [1.165, 1.54) is 11.3 Å². The number of carbonyl (C=O) groups excluding carboxylic acids is 2. The summed E-state index contributed by atoms with van der Waals surface area (Å²) in [6, 6.07) is 6.70. The van der Waals surface area contributed by atoms with Crippen LogP contribution in [-0.4, -0.2) is 11.8 Å². The van der Waals surface area contributed by atoms with E-state index in [1.807, 2.05) is 0 Å². The molecule has 3 N–H and O–H groups in total. The summed E-state index contributed by atoms with van der Waals surface area (Å²) in [4.78, 5) is 25.4. The monoisotopic (exact) mass is 348 g/mol. The van der Waals surface area contributed by atoms with Crippen molar-refractivity contribution in [2.24, 2.45) is 11.7 Å². The van der Waals surface area contributed by atoms with E-state index in [-0.39, 0.29) is 5.91 Å². The highest BCUT2D eigenvalue weighted by Crippen LogP contribution is 2.39. The number of nitrogens with two attached hydrogens (primary N) is 1. The van der Waals surface area contributed by atoms with Gasteiger partial charge in [0.2, 0.25) is 0 Å². The first-order chi connectivity index (χ1) is 11.0. The number of primary amides is 1. The second-order valence-electron chi connectivity index (χ2n) is 5.88. The van der Waals surface area contributed by atoms with Gasteiger partial charge in [-0.1, -0.05) is 24.6 Å². The molecule has 0 spiro atoms. The summed E-state index contributed by atoms with van der Waals surface area (Å²) >= 11 is 7.38. The highest BCUT2D eigenvalue weighted by Gasteiger charge is 2.27. The third kappa shape index (κ3) is 3.26. The minimum absolute atomic E-state index is 0.290. The van der Waals surface area contributed by atoms with Crippen LogP contribution in [0, 0.1) is 5.92 Å². The number of hydrogen-bond acceptors (Lipinski definition) is 3. The first-order valence-corrected chi connectivity index (χ1v) is 8.66. The first-order valence-electron chi connectivity index (χ1n) is 7.47. The number of hydrogen-bond donors (Lipinski definition) is 2. The summed E-state index contributed by atoms with van der Waals surface area (Å²) < 4.78 is 0. The van der Waals surface area contributed by atoms with Crippen molar-refractivity contribution in [3.8, 4) is 0 Å². The summed E-state index contributed by atoms with van der Waals surface area (Å²) in [5.41, 5.74) is 7.47. The molecule has 0 unspecified atom stereocenters. The van der Waals surface area contributed by atoms with Gasteiger partial charge in [0.1, 0.15) is 5.00 Å². The standard InChI is InChI=1S/C17H17ClN2O2S/c1-9-5-6-12-13(7-9)23-17(14(12)15(19)21)20-16(22)10-3-2-4-11(18)8-10/h2-4,8-9H,5-7H2,1H3,(H2,19,21)(H,20,22)/t9-/m1/s1. The van der Waals surface area contributed by atoms with Crippen LogP contribution < -0.4 is 11.1 Å². The minimum Gasteiger partial charge on any atom is -0.365 e.